The van der Waals surface area contributed by atoms with Crippen LogP contribution in [0.3, 0.4) is 0 Å². The molecule has 0 bridgehead atoms. The number of benzene rings is 1. The molecular formula is C12H11BrN4. The summed E-state index contributed by atoms with van der Waals surface area (Å²) in [5.74, 6) is 0.387. The lowest BCUT2D eigenvalue weighted by Crippen LogP contribution is -2.06. The third kappa shape index (κ3) is 2.38. The zero-order valence-electron chi connectivity index (χ0n) is 9.31. The summed E-state index contributed by atoms with van der Waals surface area (Å²) >= 11 is 3.52. The van der Waals surface area contributed by atoms with Crippen LogP contribution < -0.4 is 5.32 Å². The van der Waals surface area contributed by atoms with Crippen molar-refractivity contribution < 1.29 is 0 Å². The summed E-state index contributed by atoms with van der Waals surface area (Å²) in [5, 5.41) is 12.0. The monoisotopic (exact) mass is 290 g/mol. The van der Waals surface area contributed by atoms with E-state index < -0.39 is 0 Å². The molecule has 0 saturated carbocycles. The quantitative estimate of drug-likeness (QED) is 0.943. The first-order chi connectivity index (χ1) is 8.26. The lowest BCUT2D eigenvalue weighted by Gasteiger charge is -2.08. The minimum Gasteiger partial charge on any atom is -0.316 e. The molecule has 0 spiro atoms. The number of nitrogens with zero attached hydrogens (tertiary/aromatic N) is 3. The largest absolute Gasteiger partial charge is 0.316 e. The third-order valence-corrected chi connectivity index (χ3v) is 3.16. The molecule has 0 aliphatic carbocycles. The number of imidazole rings is 1. The van der Waals surface area contributed by atoms with Crippen LogP contribution in [0.4, 0.5) is 0 Å². The number of rotatable bonds is 3. The molecule has 0 atom stereocenters. The van der Waals surface area contributed by atoms with E-state index in [1.165, 1.54) is 5.56 Å². The van der Waals surface area contributed by atoms with E-state index in [1.807, 2.05) is 25.2 Å². The van der Waals surface area contributed by atoms with E-state index in [-0.39, 0.29) is 0 Å². The van der Waals surface area contributed by atoms with Gasteiger partial charge in [0, 0.05) is 29.1 Å². The van der Waals surface area contributed by atoms with Gasteiger partial charge in [-0.05, 0) is 24.7 Å². The van der Waals surface area contributed by atoms with Crippen molar-refractivity contribution in [1.82, 2.24) is 14.9 Å². The van der Waals surface area contributed by atoms with Gasteiger partial charge in [-0.15, -0.1) is 0 Å². The second kappa shape index (κ2) is 5.13. The van der Waals surface area contributed by atoms with Crippen LogP contribution >= 0.6 is 15.9 Å². The smallest absolute Gasteiger partial charge is 0.217 e. The molecule has 1 aromatic heterocycles. The Balaban J connectivity index is 2.42. The van der Waals surface area contributed by atoms with Crippen molar-refractivity contribution in [3.05, 3.63) is 46.5 Å². The van der Waals surface area contributed by atoms with Crippen molar-refractivity contribution in [2.24, 2.45) is 0 Å². The van der Waals surface area contributed by atoms with Crippen LogP contribution in [0.2, 0.25) is 0 Å². The predicted molar refractivity (Wildman–Crippen MR) is 68.7 cm³/mol. The molecular weight excluding hydrogens is 280 g/mol. The van der Waals surface area contributed by atoms with E-state index in [2.05, 4.69) is 32.3 Å². The Labute approximate surface area is 108 Å². The Morgan fingerprint density at radius 1 is 1.53 bits per heavy atom. The van der Waals surface area contributed by atoms with Gasteiger partial charge in [0.05, 0.1) is 0 Å². The molecule has 1 heterocycles. The molecule has 17 heavy (non-hydrogen) atoms. The van der Waals surface area contributed by atoms with Gasteiger partial charge in [-0.1, -0.05) is 22.0 Å². The van der Waals surface area contributed by atoms with Crippen molar-refractivity contribution in [2.75, 3.05) is 7.05 Å². The summed E-state index contributed by atoms with van der Waals surface area (Å²) in [4.78, 5) is 3.97. The van der Waals surface area contributed by atoms with Crippen molar-refractivity contribution in [2.45, 2.75) is 6.54 Å². The minimum absolute atomic E-state index is 0.387. The van der Waals surface area contributed by atoms with E-state index in [4.69, 9.17) is 5.26 Å². The lowest BCUT2D eigenvalue weighted by atomic mass is 10.2. The molecule has 2 rings (SSSR count). The summed E-state index contributed by atoms with van der Waals surface area (Å²) < 4.78 is 2.77. The lowest BCUT2D eigenvalue weighted by molar-refractivity contribution is 0.813. The fraction of sp³-hybridized carbons (Fsp3) is 0.167. The van der Waals surface area contributed by atoms with Crippen molar-refractivity contribution in [3.8, 4) is 11.8 Å². The first-order valence-electron chi connectivity index (χ1n) is 5.13. The Hall–Kier alpha value is -1.64. The number of nitriles is 1. The maximum absolute atomic E-state index is 8.92. The number of hydrogen-bond donors (Lipinski definition) is 1. The summed E-state index contributed by atoms with van der Waals surface area (Å²) in [6.45, 7) is 0.801. The molecule has 0 amide bonds. The summed E-state index contributed by atoms with van der Waals surface area (Å²) in [5.41, 5.74) is 2.10. The normalized spacial score (nSPS) is 10.2. The van der Waals surface area contributed by atoms with Crippen LogP contribution in [0.25, 0.3) is 5.69 Å². The molecule has 0 unspecified atom stereocenters. The molecule has 0 aliphatic rings. The van der Waals surface area contributed by atoms with Crippen LogP contribution in [0, 0.1) is 11.3 Å². The predicted octanol–water partition coefficient (Wildman–Crippen LogP) is 2.23. The molecule has 86 valence electrons. The van der Waals surface area contributed by atoms with Crippen LogP contribution in [-0.4, -0.2) is 16.6 Å². The zero-order valence-corrected chi connectivity index (χ0v) is 10.9. The topological polar surface area (TPSA) is 53.6 Å². The van der Waals surface area contributed by atoms with Crippen molar-refractivity contribution >= 4 is 15.9 Å². The standard InChI is InChI=1S/C12H11BrN4/c1-15-8-9-2-3-10(6-11(9)13)17-5-4-16-12(17)7-14/h2-6,15H,8H2,1H3. The second-order valence-electron chi connectivity index (χ2n) is 3.54. The molecule has 0 radical (unpaired) electrons. The van der Waals surface area contributed by atoms with Gasteiger partial charge in [0.25, 0.3) is 0 Å². The fourth-order valence-electron chi connectivity index (χ4n) is 1.61. The van der Waals surface area contributed by atoms with Gasteiger partial charge >= 0.3 is 0 Å². The van der Waals surface area contributed by atoms with E-state index in [0.717, 1.165) is 16.7 Å². The van der Waals surface area contributed by atoms with E-state index in [9.17, 15) is 0 Å². The first-order valence-corrected chi connectivity index (χ1v) is 5.92. The highest BCUT2D eigenvalue weighted by Crippen LogP contribution is 2.21. The number of nitrogens with one attached hydrogen (secondary N) is 1. The van der Waals surface area contributed by atoms with Crippen LogP contribution in [0.1, 0.15) is 11.4 Å². The molecule has 1 N–H and O–H groups in total. The van der Waals surface area contributed by atoms with Crippen molar-refractivity contribution in [1.29, 1.82) is 5.26 Å². The zero-order chi connectivity index (χ0) is 12.3. The maximum Gasteiger partial charge on any atom is 0.217 e. The van der Waals surface area contributed by atoms with Gasteiger partial charge in [-0.25, -0.2) is 4.98 Å². The van der Waals surface area contributed by atoms with Gasteiger partial charge in [0.15, 0.2) is 0 Å². The molecule has 0 aliphatic heterocycles. The summed E-state index contributed by atoms with van der Waals surface area (Å²) in [7, 11) is 1.91. The summed E-state index contributed by atoms with van der Waals surface area (Å²) in [6.07, 6.45) is 3.39. The van der Waals surface area contributed by atoms with Gasteiger partial charge in [-0.3, -0.25) is 4.57 Å². The minimum atomic E-state index is 0.387. The van der Waals surface area contributed by atoms with Gasteiger partial charge in [0.1, 0.15) is 6.07 Å². The Kier molecular flexibility index (Phi) is 3.57. The Morgan fingerprint density at radius 3 is 3.00 bits per heavy atom. The maximum atomic E-state index is 8.92. The SMILES string of the molecule is CNCc1ccc(-n2ccnc2C#N)cc1Br. The van der Waals surface area contributed by atoms with Crippen molar-refractivity contribution in [3.63, 3.8) is 0 Å². The highest BCUT2D eigenvalue weighted by Gasteiger charge is 2.06. The highest BCUT2D eigenvalue weighted by atomic mass is 79.9. The Morgan fingerprint density at radius 2 is 2.35 bits per heavy atom. The van der Waals surface area contributed by atoms with E-state index in [1.54, 1.807) is 17.0 Å². The summed E-state index contributed by atoms with van der Waals surface area (Å²) in [6, 6.07) is 8.04. The molecule has 4 nitrogen and oxygen atoms in total. The van der Waals surface area contributed by atoms with Gasteiger partial charge in [0.2, 0.25) is 5.82 Å². The number of aromatic nitrogens is 2. The average molecular weight is 291 g/mol. The van der Waals surface area contributed by atoms with Crippen LogP contribution in [0.15, 0.2) is 35.1 Å². The Bertz CT molecular complexity index is 568. The van der Waals surface area contributed by atoms with Gasteiger partial charge < -0.3 is 5.32 Å². The molecule has 0 saturated heterocycles. The van der Waals surface area contributed by atoms with E-state index >= 15 is 0 Å². The van der Waals surface area contributed by atoms with Crippen LogP contribution in [-0.2, 0) is 6.54 Å². The molecule has 0 fully saturated rings. The number of hydrogen-bond acceptors (Lipinski definition) is 3. The average Bonchev–Trinajstić information content (AvgIpc) is 2.80. The van der Waals surface area contributed by atoms with Crippen LogP contribution in [0.5, 0.6) is 0 Å². The molecule has 1 aromatic carbocycles. The van der Waals surface area contributed by atoms with E-state index in [0.29, 0.717) is 5.82 Å². The first kappa shape index (κ1) is 11.8. The fourth-order valence-corrected chi connectivity index (χ4v) is 2.12. The second-order valence-corrected chi connectivity index (χ2v) is 4.39. The molecule has 2 aromatic rings. The third-order valence-electron chi connectivity index (χ3n) is 2.42. The number of halogens is 1. The molecule has 5 heteroatoms. The highest BCUT2D eigenvalue weighted by molar-refractivity contribution is 9.10. The van der Waals surface area contributed by atoms with Gasteiger partial charge in [-0.2, -0.15) is 5.26 Å².